The van der Waals surface area contributed by atoms with Gasteiger partial charge < -0.3 is 14.0 Å². The van der Waals surface area contributed by atoms with Crippen LogP contribution in [-0.4, -0.2) is 73.8 Å². The molecule has 178 valence electrons. The van der Waals surface area contributed by atoms with Crippen LogP contribution in [0.1, 0.15) is 45.5 Å². The normalized spacial score (nSPS) is 17.6. The molecule has 1 atom stereocenters. The predicted molar refractivity (Wildman–Crippen MR) is 132 cm³/mol. The van der Waals surface area contributed by atoms with Crippen molar-refractivity contribution in [1.82, 2.24) is 24.4 Å². The molecule has 1 saturated heterocycles. The van der Waals surface area contributed by atoms with Gasteiger partial charge >= 0.3 is 6.09 Å². The fourth-order valence-electron chi connectivity index (χ4n) is 3.48. The molecule has 1 aliphatic rings. The molecule has 10 heteroatoms. The maximum absolute atomic E-state index is 12.9. The summed E-state index contributed by atoms with van der Waals surface area (Å²) in [5.41, 5.74) is 0.980. The number of halogens is 1. The number of aromatic nitrogens is 4. The molecule has 0 unspecified atom stereocenters. The third-order valence-corrected chi connectivity index (χ3v) is 6.81. The van der Waals surface area contributed by atoms with Crippen molar-refractivity contribution in [2.45, 2.75) is 52.0 Å². The molecule has 1 fully saturated rings. The summed E-state index contributed by atoms with van der Waals surface area (Å²) in [4.78, 5) is 28.1. The van der Waals surface area contributed by atoms with Crippen LogP contribution in [0.2, 0.25) is 0 Å². The van der Waals surface area contributed by atoms with Gasteiger partial charge in [-0.3, -0.25) is 9.88 Å². The van der Waals surface area contributed by atoms with E-state index >= 15 is 0 Å². The molecular formula is C22H34BrN5O3S. The fourth-order valence-corrected chi connectivity index (χ4v) is 4.30. The molecule has 3 heterocycles. The third-order valence-electron chi connectivity index (χ3n) is 5.01. The van der Waals surface area contributed by atoms with E-state index in [1.807, 2.05) is 25.3 Å². The lowest BCUT2D eigenvalue weighted by atomic mass is 10.2. The van der Waals surface area contributed by atoms with Crippen LogP contribution in [0.3, 0.4) is 0 Å². The SMILES string of the molecule is CC(C)(C)OC(=O)N1CCC[C@H]1c1ncc(-c2cnc(Br)cn2)n1COCCS(C)(C)C. The second-order valence-corrected chi connectivity index (χ2v) is 15.2. The highest BCUT2D eigenvalue weighted by Gasteiger charge is 2.36. The molecule has 0 radical (unpaired) electrons. The lowest BCUT2D eigenvalue weighted by molar-refractivity contribution is 0.0205. The van der Waals surface area contributed by atoms with Crippen LogP contribution in [0.5, 0.6) is 0 Å². The Bertz CT molecular complexity index is 921. The minimum absolute atomic E-state index is 0.168. The van der Waals surface area contributed by atoms with Crippen molar-refractivity contribution in [2.75, 3.05) is 37.7 Å². The minimum atomic E-state index is -0.642. The van der Waals surface area contributed by atoms with Gasteiger partial charge in [0.15, 0.2) is 0 Å². The Morgan fingerprint density at radius 1 is 1.19 bits per heavy atom. The molecule has 0 saturated carbocycles. The van der Waals surface area contributed by atoms with Crippen molar-refractivity contribution < 1.29 is 14.3 Å². The van der Waals surface area contributed by atoms with Gasteiger partial charge in [-0.25, -0.2) is 24.8 Å². The molecule has 8 nitrogen and oxygen atoms in total. The first kappa shape index (κ1) is 25.0. The minimum Gasteiger partial charge on any atom is -0.444 e. The average molecular weight is 529 g/mol. The number of hydrogen-bond acceptors (Lipinski definition) is 6. The number of ether oxygens (including phenoxy) is 2. The Balaban J connectivity index is 1.88. The Hall–Kier alpha value is -1.65. The summed E-state index contributed by atoms with van der Waals surface area (Å²) in [6, 6.07) is -0.168. The van der Waals surface area contributed by atoms with Gasteiger partial charge in [0.05, 0.1) is 36.9 Å². The van der Waals surface area contributed by atoms with Crippen molar-refractivity contribution in [2.24, 2.45) is 0 Å². The molecule has 3 rings (SSSR count). The molecule has 0 N–H and O–H groups in total. The van der Waals surface area contributed by atoms with Gasteiger partial charge in [0.25, 0.3) is 0 Å². The molecule has 32 heavy (non-hydrogen) atoms. The first-order valence-electron chi connectivity index (χ1n) is 10.7. The number of hydrogen-bond donors (Lipinski definition) is 0. The van der Waals surface area contributed by atoms with Gasteiger partial charge in [-0.2, -0.15) is 0 Å². The molecule has 1 aliphatic heterocycles. The van der Waals surface area contributed by atoms with Gasteiger partial charge in [-0.05, 0) is 68.3 Å². The number of likely N-dealkylation sites (tertiary alicyclic amines) is 1. The van der Waals surface area contributed by atoms with Crippen LogP contribution in [0.4, 0.5) is 4.79 Å². The van der Waals surface area contributed by atoms with Crippen LogP contribution < -0.4 is 0 Å². The van der Waals surface area contributed by atoms with Gasteiger partial charge in [-0.1, -0.05) is 0 Å². The number of carbonyl (C=O) groups excluding carboxylic acids is 1. The first-order valence-corrected chi connectivity index (χ1v) is 14.5. The lowest BCUT2D eigenvalue weighted by Gasteiger charge is -2.29. The molecule has 0 spiro atoms. The molecule has 2 aromatic heterocycles. The Labute approximate surface area is 200 Å². The zero-order chi connectivity index (χ0) is 23.5. The van der Waals surface area contributed by atoms with E-state index in [0.717, 1.165) is 30.1 Å². The van der Waals surface area contributed by atoms with Gasteiger partial charge in [0, 0.05) is 12.3 Å². The molecule has 1 amide bonds. The number of nitrogens with zero attached hydrogens (tertiary/aromatic N) is 5. The number of rotatable bonds is 7. The quantitative estimate of drug-likeness (QED) is 0.479. The Kier molecular flexibility index (Phi) is 7.88. The van der Waals surface area contributed by atoms with E-state index in [0.29, 0.717) is 30.2 Å². The summed E-state index contributed by atoms with van der Waals surface area (Å²) >= 11 is 3.34. The summed E-state index contributed by atoms with van der Waals surface area (Å²) in [6.07, 6.45) is 13.4. The van der Waals surface area contributed by atoms with E-state index in [4.69, 9.17) is 14.5 Å². The van der Waals surface area contributed by atoms with E-state index in [-0.39, 0.29) is 12.1 Å². The van der Waals surface area contributed by atoms with Crippen LogP contribution >= 0.6 is 26.0 Å². The van der Waals surface area contributed by atoms with Crippen LogP contribution in [0, 0.1) is 0 Å². The van der Waals surface area contributed by atoms with E-state index in [9.17, 15) is 4.79 Å². The predicted octanol–water partition coefficient (Wildman–Crippen LogP) is 4.84. The lowest BCUT2D eigenvalue weighted by Crippen LogP contribution is -2.37. The zero-order valence-corrected chi connectivity index (χ0v) is 22.2. The highest BCUT2D eigenvalue weighted by Crippen LogP contribution is 2.35. The Morgan fingerprint density at radius 3 is 2.56 bits per heavy atom. The van der Waals surface area contributed by atoms with Crippen molar-refractivity contribution >= 4 is 32.1 Å². The van der Waals surface area contributed by atoms with Crippen LogP contribution in [0.25, 0.3) is 11.4 Å². The highest BCUT2D eigenvalue weighted by molar-refractivity contribution is 9.10. The maximum Gasteiger partial charge on any atom is 0.410 e. The van der Waals surface area contributed by atoms with Gasteiger partial charge in [0.2, 0.25) is 0 Å². The van der Waals surface area contributed by atoms with E-state index in [2.05, 4.69) is 44.7 Å². The van der Waals surface area contributed by atoms with Crippen LogP contribution in [0.15, 0.2) is 23.2 Å². The monoisotopic (exact) mass is 527 g/mol. The standard InChI is InChI=1S/C22H34BrN5O3S/c1-22(2,3)31-21(29)27-9-7-8-17(27)20-26-13-18(16-12-25-19(23)14-24-16)28(20)15-30-10-11-32(4,5)6/h12-14,17H,7-11,15H2,1-6H3/t17-/m0/s1. The average Bonchev–Trinajstić information content (AvgIpc) is 3.30. The topological polar surface area (TPSA) is 82.4 Å². The second-order valence-electron chi connectivity index (χ2n) is 9.82. The van der Waals surface area contributed by atoms with Gasteiger partial charge in [0.1, 0.15) is 28.5 Å². The van der Waals surface area contributed by atoms with E-state index < -0.39 is 15.6 Å². The van der Waals surface area contributed by atoms with Gasteiger partial charge in [-0.15, -0.1) is 0 Å². The van der Waals surface area contributed by atoms with E-state index in [1.165, 1.54) is 0 Å². The molecule has 0 aliphatic carbocycles. The highest BCUT2D eigenvalue weighted by atomic mass is 79.9. The third kappa shape index (κ3) is 6.68. The summed E-state index contributed by atoms with van der Waals surface area (Å²) in [6.45, 7) is 7.30. The van der Waals surface area contributed by atoms with Crippen LogP contribution in [-0.2, 0) is 16.2 Å². The largest absolute Gasteiger partial charge is 0.444 e. The summed E-state index contributed by atoms with van der Waals surface area (Å²) in [5.74, 6) is 1.81. The van der Waals surface area contributed by atoms with Crippen molar-refractivity contribution in [3.05, 3.63) is 29.0 Å². The fraction of sp³-hybridized carbons (Fsp3) is 0.636. The molecular weight excluding hydrogens is 494 g/mol. The summed E-state index contributed by atoms with van der Waals surface area (Å²) in [7, 11) is -0.642. The first-order chi connectivity index (χ1) is 14.9. The van der Waals surface area contributed by atoms with E-state index in [1.54, 1.807) is 23.5 Å². The number of amides is 1. The summed E-state index contributed by atoms with van der Waals surface area (Å²) < 4.78 is 14.4. The second kappa shape index (κ2) is 10.1. The summed E-state index contributed by atoms with van der Waals surface area (Å²) in [5, 5.41) is 0. The maximum atomic E-state index is 12.9. The van der Waals surface area contributed by atoms with Crippen molar-refractivity contribution in [3.63, 3.8) is 0 Å². The molecule has 0 aromatic carbocycles. The molecule has 2 aromatic rings. The van der Waals surface area contributed by atoms with Crippen molar-refractivity contribution in [3.8, 4) is 11.4 Å². The van der Waals surface area contributed by atoms with Crippen molar-refractivity contribution in [1.29, 1.82) is 0 Å². The smallest absolute Gasteiger partial charge is 0.410 e. The zero-order valence-electron chi connectivity index (χ0n) is 19.8. The molecule has 0 bridgehead atoms. The Morgan fingerprint density at radius 2 is 1.94 bits per heavy atom. The number of imidazole rings is 1. The number of carbonyl (C=O) groups is 1.